The van der Waals surface area contributed by atoms with Crippen molar-refractivity contribution in [3.63, 3.8) is 0 Å². The van der Waals surface area contributed by atoms with Gasteiger partial charge < -0.3 is 10.2 Å². The minimum Gasteiger partial charge on any atom is -0.371 e. The monoisotopic (exact) mass is 317 g/mol. The molecule has 0 amide bonds. The molecule has 8 heteroatoms. The zero-order chi connectivity index (χ0) is 16.2. The molecule has 1 aromatic carbocycles. The van der Waals surface area contributed by atoms with E-state index in [1.54, 1.807) is 12.1 Å². The van der Waals surface area contributed by atoms with Crippen LogP contribution in [0.25, 0.3) is 0 Å². The van der Waals surface area contributed by atoms with Crippen molar-refractivity contribution >= 4 is 17.3 Å². The predicted octanol–water partition coefficient (Wildman–Crippen LogP) is 2.46. The average Bonchev–Trinajstić information content (AvgIpc) is 3.03. The Morgan fingerprint density at radius 1 is 1.30 bits per heavy atom. The lowest BCUT2D eigenvalue weighted by Gasteiger charge is -2.18. The number of benzene rings is 1. The summed E-state index contributed by atoms with van der Waals surface area (Å²) in [6.07, 6.45) is 3.39. The molecule has 1 aliphatic rings. The molecule has 1 N–H and O–H groups in total. The number of halogens is 1. The Labute approximate surface area is 132 Å². The molecular formula is C15H16FN5O2. The van der Waals surface area contributed by atoms with Gasteiger partial charge in [-0.25, -0.2) is 14.4 Å². The first kappa shape index (κ1) is 15.1. The van der Waals surface area contributed by atoms with Crippen LogP contribution in [0.5, 0.6) is 0 Å². The fourth-order valence-electron chi connectivity index (χ4n) is 2.63. The molecule has 1 aliphatic heterocycles. The fraction of sp³-hybridized carbons (Fsp3) is 0.333. The molecule has 0 radical (unpaired) electrons. The normalized spacial score (nSPS) is 17.3. The number of nitrogens with zero attached hydrogens (tertiary/aromatic N) is 4. The van der Waals surface area contributed by atoms with Crippen molar-refractivity contribution < 1.29 is 9.31 Å². The average molecular weight is 317 g/mol. The van der Waals surface area contributed by atoms with Crippen molar-refractivity contribution in [1.29, 1.82) is 0 Å². The molecule has 1 aromatic heterocycles. The summed E-state index contributed by atoms with van der Waals surface area (Å²) in [6, 6.07) is 6.49. The molecule has 0 unspecified atom stereocenters. The van der Waals surface area contributed by atoms with E-state index in [2.05, 4.69) is 20.2 Å². The Morgan fingerprint density at radius 2 is 2.00 bits per heavy atom. The molecule has 1 saturated heterocycles. The van der Waals surface area contributed by atoms with Crippen LogP contribution in [0, 0.1) is 21.8 Å². The van der Waals surface area contributed by atoms with E-state index in [9.17, 15) is 14.5 Å². The van der Waals surface area contributed by atoms with Gasteiger partial charge in [-0.3, -0.25) is 10.1 Å². The van der Waals surface area contributed by atoms with Gasteiger partial charge in [-0.2, -0.15) is 0 Å². The van der Waals surface area contributed by atoms with Crippen molar-refractivity contribution in [2.45, 2.75) is 6.42 Å². The molecule has 2 heterocycles. The van der Waals surface area contributed by atoms with Crippen molar-refractivity contribution in [3.8, 4) is 0 Å². The van der Waals surface area contributed by atoms with E-state index in [-0.39, 0.29) is 11.5 Å². The number of rotatable bonds is 5. The van der Waals surface area contributed by atoms with Crippen LogP contribution in [0.2, 0.25) is 0 Å². The second-order valence-corrected chi connectivity index (χ2v) is 5.48. The van der Waals surface area contributed by atoms with E-state index in [1.807, 2.05) is 0 Å². The minimum absolute atomic E-state index is 0.126. The van der Waals surface area contributed by atoms with Gasteiger partial charge in [-0.05, 0) is 36.6 Å². The SMILES string of the molecule is O=[N+]([O-])c1cnc(NC[C@H]2CCN(c3ccc(F)cc3)C2)nc1. The molecule has 0 bridgehead atoms. The summed E-state index contributed by atoms with van der Waals surface area (Å²) >= 11 is 0. The van der Waals surface area contributed by atoms with Crippen molar-refractivity contribution in [2.24, 2.45) is 5.92 Å². The molecule has 7 nitrogen and oxygen atoms in total. The van der Waals surface area contributed by atoms with Gasteiger partial charge >= 0.3 is 5.69 Å². The van der Waals surface area contributed by atoms with Gasteiger partial charge in [0.2, 0.25) is 5.95 Å². The molecule has 0 saturated carbocycles. The Bertz CT molecular complexity index is 677. The van der Waals surface area contributed by atoms with Gasteiger partial charge in [0.15, 0.2) is 0 Å². The Morgan fingerprint density at radius 3 is 2.65 bits per heavy atom. The lowest BCUT2D eigenvalue weighted by molar-refractivity contribution is -0.385. The topological polar surface area (TPSA) is 84.2 Å². The molecule has 0 spiro atoms. The van der Waals surface area contributed by atoms with Crippen LogP contribution in [0.15, 0.2) is 36.7 Å². The van der Waals surface area contributed by atoms with E-state index in [0.29, 0.717) is 18.4 Å². The van der Waals surface area contributed by atoms with Crippen LogP contribution < -0.4 is 10.2 Å². The van der Waals surface area contributed by atoms with Crippen molar-refractivity contribution in [1.82, 2.24) is 9.97 Å². The summed E-state index contributed by atoms with van der Waals surface area (Å²) in [5.41, 5.74) is 0.888. The quantitative estimate of drug-likeness (QED) is 0.673. The van der Waals surface area contributed by atoms with E-state index in [1.165, 1.54) is 24.5 Å². The summed E-state index contributed by atoms with van der Waals surface area (Å²) in [7, 11) is 0. The van der Waals surface area contributed by atoms with E-state index in [0.717, 1.165) is 25.2 Å². The molecule has 1 atom stereocenters. The zero-order valence-electron chi connectivity index (χ0n) is 12.4. The van der Waals surface area contributed by atoms with Crippen LogP contribution in [-0.2, 0) is 0 Å². The molecule has 0 aliphatic carbocycles. The number of nitrogens with one attached hydrogen (secondary N) is 1. The van der Waals surface area contributed by atoms with Gasteiger partial charge in [0.1, 0.15) is 18.2 Å². The third-order valence-corrected chi connectivity index (χ3v) is 3.88. The summed E-state index contributed by atoms with van der Waals surface area (Å²) in [4.78, 5) is 20.1. The summed E-state index contributed by atoms with van der Waals surface area (Å²) in [5, 5.41) is 13.6. The first-order valence-corrected chi connectivity index (χ1v) is 7.32. The Kier molecular flexibility index (Phi) is 4.31. The maximum atomic E-state index is 13.0. The van der Waals surface area contributed by atoms with E-state index in [4.69, 9.17) is 0 Å². The highest BCUT2D eigenvalue weighted by Gasteiger charge is 2.22. The number of aromatic nitrogens is 2. The minimum atomic E-state index is -0.526. The van der Waals surface area contributed by atoms with E-state index >= 15 is 0 Å². The molecule has 1 fully saturated rings. The van der Waals surface area contributed by atoms with Crippen molar-refractivity contribution in [2.75, 3.05) is 29.9 Å². The van der Waals surface area contributed by atoms with Crippen LogP contribution in [-0.4, -0.2) is 34.5 Å². The Balaban J connectivity index is 1.52. The molecule has 2 aromatic rings. The lowest BCUT2D eigenvalue weighted by Crippen LogP contribution is -2.22. The number of hydrogen-bond acceptors (Lipinski definition) is 6. The maximum Gasteiger partial charge on any atom is 0.305 e. The summed E-state index contributed by atoms with van der Waals surface area (Å²) in [5.74, 6) is 0.566. The summed E-state index contributed by atoms with van der Waals surface area (Å²) < 4.78 is 13.0. The zero-order valence-corrected chi connectivity index (χ0v) is 12.4. The van der Waals surface area contributed by atoms with Crippen LogP contribution in [0.1, 0.15) is 6.42 Å². The highest BCUT2D eigenvalue weighted by Crippen LogP contribution is 2.24. The van der Waals surface area contributed by atoms with Gasteiger partial charge in [0, 0.05) is 25.3 Å². The standard InChI is InChI=1S/C15H16FN5O2/c16-12-1-3-13(4-2-12)20-6-5-11(10-20)7-17-15-18-8-14(9-19-15)21(22)23/h1-4,8-9,11H,5-7,10H2,(H,17,18,19)/t11-/m1/s1. The third kappa shape index (κ3) is 3.71. The van der Waals surface area contributed by atoms with Gasteiger partial charge in [0.25, 0.3) is 0 Å². The highest BCUT2D eigenvalue weighted by molar-refractivity contribution is 5.47. The lowest BCUT2D eigenvalue weighted by atomic mass is 10.1. The third-order valence-electron chi connectivity index (χ3n) is 3.88. The molecule has 23 heavy (non-hydrogen) atoms. The van der Waals surface area contributed by atoms with Gasteiger partial charge in [0.05, 0.1) is 4.92 Å². The number of hydrogen-bond donors (Lipinski definition) is 1. The highest BCUT2D eigenvalue weighted by atomic mass is 19.1. The molecular weight excluding hydrogens is 301 g/mol. The smallest absolute Gasteiger partial charge is 0.305 e. The summed E-state index contributed by atoms with van der Waals surface area (Å²) in [6.45, 7) is 2.47. The van der Waals surface area contributed by atoms with Crippen LogP contribution >= 0.6 is 0 Å². The first-order valence-electron chi connectivity index (χ1n) is 7.32. The fourth-order valence-corrected chi connectivity index (χ4v) is 2.63. The van der Waals surface area contributed by atoms with Gasteiger partial charge in [-0.1, -0.05) is 0 Å². The maximum absolute atomic E-state index is 13.0. The number of anilines is 2. The van der Waals surface area contributed by atoms with E-state index < -0.39 is 4.92 Å². The molecule has 120 valence electrons. The van der Waals surface area contributed by atoms with Gasteiger partial charge in [-0.15, -0.1) is 0 Å². The van der Waals surface area contributed by atoms with Crippen LogP contribution in [0.3, 0.4) is 0 Å². The van der Waals surface area contributed by atoms with Crippen molar-refractivity contribution in [3.05, 3.63) is 52.6 Å². The first-order chi connectivity index (χ1) is 11.1. The largest absolute Gasteiger partial charge is 0.371 e. The van der Waals surface area contributed by atoms with Crippen LogP contribution in [0.4, 0.5) is 21.7 Å². The second kappa shape index (κ2) is 6.55. The Hall–Kier alpha value is -2.77. The number of nitro groups is 1. The molecule has 3 rings (SSSR count). The second-order valence-electron chi connectivity index (χ2n) is 5.48. The predicted molar refractivity (Wildman–Crippen MR) is 83.9 cm³/mol.